The predicted molar refractivity (Wildman–Crippen MR) is 83.7 cm³/mol. The molecule has 1 aromatic carbocycles. The van der Waals surface area contributed by atoms with Crippen molar-refractivity contribution in [3.63, 3.8) is 0 Å². The molecule has 1 aromatic rings. The number of rotatable bonds is 7. The van der Waals surface area contributed by atoms with E-state index in [0.717, 1.165) is 6.04 Å². The molecule has 1 fully saturated rings. The second-order valence-corrected chi connectivity index (χ2v) is 6.89. The fraction of sp³-hybridized carbons (Fsp3) is 0.667. The Morgan fingerprint density at radius 2 is 1.79 bits per heavy atom. The van der Waals surface area contributed by atoms with Crippen LogP contribution in [0.3, 0.4) is 0 Å². The normalized spacial score (nSPS) is 18.3. The zero-order valence-electron chi connectivity index (χ0n) is 13.1. The summed E-state index contributed by atoms with van der Waals surface area (Å²) >= 11 is 0. The highest BCUT2D eigenvalue weighted by molar-refractivity contribution is 5.29. The van der Waals surface area contributed by atoms with Crippen LogP contribution in [0.25, 0.3) is 0 Å². The van der Waals surface area contributed by atoms with Crippen LogP contribution in [0.2, 0.25) is 0 Å². The molecule has 0 aromatic heterocycles. The largest absolute Gasteiger partial charge is 0.313 e. The summed E-state index contributed by atoms with van der Waals surface area (Å²) in [5.41, 5.74) is 4.69. The Balaban J connectivity index is 2.04. The van der Waals surface area contributed by atoms with Crippen LogP contribution in [0.1, 0.15) is 56.2 Å². The van der Waals surface area contributed by atoms with Crippen molar-refractivity contribution < 1.29 is 0 Å². The van der Waals surface area contributed by atoms with Crippen LogP contribution in [0.15, 0.2) is 18.2 Å². The Hall–Kier alpha value is -0.820. The summed E-state index contributed by atoms with van der Waals surface area (Å²) in [7, 11) is 0. The first-order valence-corrected chi connectivity index (χ1v) is 7.81. The van der Waals surface area contributed by atoms with E-state index >= 15 is 0 Å². The molecule has 0 bridgehead atoms. The third-order valence-corrected chi connectivity index (χ3v) is 4.16. The summed E-state index contributed by atoms with van der Waals surface area (Å²) in [4.78, 5) is 0. The minimum Gasteiger partial charge on any atom is -0.313 e. The van der Waals surface area contributed by atoms with E-state index in [1.54, 1.807) is 0 Å². The molecule has 1 saturated carbocycles. The van der Waals surface area contributed by atoms with Gasteiger partial charge in [0.05, 0.1) is 0 Å². The van der Waals surface area contributed by atoms with Crippen LogP contribution in [0.5, 0.6) is 0 Å². The Bertz CT molecular complexity index is 399. The molecule has 0 aliphatic heterocycles. The highest BCUT2D eigenvalue weighted by Crippen LogP contribution is 2.30. The van der Waals surface area contributed by atoms with Crippen LogP contribution < -0.4 is 5.32 Å². The highest BCUT2D eigenvalue weighted by Gasteiger charge is 2.28. The van der Waals surface area contributed by atoms with Crippen LogP contribution in [-0.2, 0) is 6.42 Å². The molecule has 1 heteroatoms. The average Bonchev–Trinajstić information content (AvgIpc) is 3.08. The molecule has 1 atom stereocenters. The minimum atomic E-state index is 0.400. The summed E-state index contributed by atoms with van der Waals surface area (Å²) in [6, 6.07) is 7.80. The highest BCUT2D eigenvalue weighted by atomic mass is 15.0. The lowest BCUT2D eigenvalue weighted by Gasteiger charge is -2.30. The monoisotopic (exact) mass is 259 g/mol. The van der Waals surface area contributed by atoms with Crippen molar-refractivity contribution in [3.05, 3.63) is 34.9 Å². The Kier molecular flexibility index (Phi) is 4.67. The quantitative estimate of drug-likeness (QED) is 0.765. The molecule has 2 rings (SSSR count). The number of benzene rings is 1. The van der Waals surface area contributed by atoms with Crippen molar-refractivity contribution in [2.75, 3.05) is 6.54 Å². The molecule has 1 N–H and O–H groups in total. The standard InChI is InChI=1S/C18H29N/c1-5-8-18(4,13-19-17-6-7-17)12-16-10-14(2)9-15(3)11-16/h9-11,17,19H,5-8,12-13H2,1-4H3. The molecule has 0 radical (unpaired) electrons. The topological polar surface area (TPSA) is 12.0 Å². The maximum atomic E-state index is 3.73. The first kappa shape index (κ1) is 14.6. The van der Waals surface area contributed by atoms with Gasteiger partial charge in [0.1, 0.15) is 0 Å². The zero-order chi connectivity index (χ0) is 13.9. The predicted octanol–water partition coefficient (Wildman–Crippen LogP) is 4.40. The maximum absolute atomic E-state index is 3.73. The van der Waals surface area contributed by atoms with E-state index in [1.165, 1.54) is 55.3 Å². The van der Waals surface area contributed by atoms with Crippen LogP contribution in [0, 0.1) is 19.3 Å². The SMILES string of the molecule is CCCC(C)(CNC1CC1)Cc1cc(C)cc(C)c1. The second kappa shape index (κ2) is 6.09. The van der Waals surface area contributed by atoms with Gasteiger partial charge >= 0.3 is 0 Å². The van der Waals surface area contributed by atoms with Gasteiger partial charge in [-0.2, -0.15) is 0 Å². The third kappa shape index (κ3) is 4.65. The van der Waals surface area contributed by atoms with Crippen molar-refractivity contribution >= 4 is 0 Å². The molecule has 1 unspecified atom stereocenters. The molecule has 19 heavy (non-hydrogen) atoms. The molecule has 0 saturated heterocycles. The molecule has 1 aliphatic carbocycles. The molecule has 0 amide bonds. The minimum absolute atomic E-state index is 0.400. The smallest absolute Gasteiger partial charge is 0.00684 e. The molecule has 1 nitrogen and oxygen atoms in total. The fourth-order valence-electron chi connectivity index (χ4n) is 3.18. The van der Waals surface area contributed by atoms with Gasteiger partial charge in [0.2, 0.25) is 0 Å². The van der Waals surface area contributed by atoms with Crippen LogP contribution in [0.4, 0.5) is 0 Å². The van der Waals surface area contributed by atoms with Gasteiger partial charge in [0.25, 0.3) is 0 Å². The fourth-order valence-corrected chi connectivity index (χ4v) is 3.18. The summed E-state index contributed by atoms with van der Waals surface area (Å²) in [5.74, 6) is 0. The van der Waals surface area contributed by atoms with E-state index < -0.39 is 0 Å². The van der Waals surface area contributed by atoms with E-state index in [0.29, 0.717) is 5.41 Å². The Morgan fingerprint density at radius 1 is 1.16 bits per heavy atom. The van der Waals surface area contributed by atoms with Gasteiger partial charge in [-0.1, -0.05) is 49.6 Å². The maximum Gasteiger partial charge on any atom is 0.00684 e. The van der Waals surface area contributed by atoms with Gasteiger partial charge in [-0.05, 0) is 50.5 Å². The summed E-state index contributed by atoms with van der Waals surface area (Å²) in [6.07, 6.45) is 6.54. The lowest BCUT2D eigenvalue weighted by Crippen LogP contribution is -2.34. The van der Waals surface area contributed by atoms with Crippen molar-refractivity contribution in [2.45, 2.75) is 65.8 Å². The Labute approximate surface area is 118 Å². The van der Waals surface area contributed by atoms with Gasteiger partial charge in [-0.25, -0.2) is 0 Å². The van der Waals surface area contributed by atoms with E-state index in [1.807, 2.05) is 0 Å². The van der Waals surface area contributed by atoms with E-state index in [2.05, 4.69) is 51.2 Å². The lowest BCUT2D eigenvalue weighted by atomic mass is 9.79. The van der Waals surface area contributed by atoms with Crippen LogP contribution in [-0.4, -0.2) is 12.6 Å². The van der Waals surface area contributed by atoms with Gasteiger partial charge in [-0.15, -0.1) is 0 Å². The van der Waals surface area contributed by atoms with Crippen molar-refractivity contribution in [3.8, 4) is 0 Å². The summed E-state index contributed by atoms with van der Waals surface area (Å²) < 4.78 is 0. The van der Waals surface area contributed by atoms with Gasteiger partial charge in [0, 0.05) is 12.6 Å². The first-order valence-electron chi connectivity index (χ1n) is 7.81. The van der Waals surface area contributed by atoms with E-state index in [-0.39, 0.29) is 0 Å². The van der Waals surface area contributed by atoms with E-state index in [4.69, 9.17) is 0 Å². The first-order chi connectivity index (χ1) is 9.00. The zero-order valence-corrected chi connectivity index (χ0v) is 13.1. The van der Waals surface area contributed by atoms with Gasteiger partial charge < -0.3 is 5.32 Å². The van der Waals surface area contributed by atoms with E-state index in [9.17, 15) is 0 Å². The summed E-state index contributed by atoms with van der Waals surface area (Å²) in [6.45, 7) is 10.3. The number of hydrogen-bond acceptors (Lipinski definition) is 1. The Morgan fingerprint density at radius 3 is 2.32 bits per heavy atom. The third-order valence-electron chi connectivity index (χ3n) is 4.16. The van der Waals surface area contributed by atoms with Crippen molar-refractivity contribution in [1.82, 2.24) is 5.32 Å². The van der Waals surface area contributed by atoms with Gasteiger partial charge in [-0.3, -0.25) is 0 Å². The molecular weight excluding hydrogens is 230 g/mol. The molecule has 0 heterocycles. The molecule has 0 spiro atoms. The van der Waals surface area contributed by atoms with Crippen LogP contribution >= 0.6 is 0 Å². The molecular formula is C18H29N. The summed E-state index contributed by atoms with van der Waals surface area (Å²) in [5, 5.41) is 3.73. The number of aryl methyl sites for hydroxylation is 2. The number of hydrogen-bond donors (Lipinski definition) is 1. The average molecular weight is 259 g/mol. The molecule has 1 aliphatic rings. The second-order valence-electron chi connectivity index (χ2n) is 6.89. The molecule has 106 valence electrons. The van der Waals surface area contributed by atoms with Crippen molar-refractivity contribution in [1.29, 1.82) is 0 Å². The number of nitrogens with one attached hydrogen (secondary N) is 1. The van der Waals surface area contributed by atoms with Crippen molar-refractivity contribution in [2.24, 2.45) is 5.41 Å². The lowest BCUT2D eigenvalue weighted by molar-refractivity contribution is 0.274. The van der Waals surface area contributed by atoms with Gasteiger partial charge in [0.15, 0.2) is 0 Å².